The molecule has 5 nitrogen and oxygen atoms in total. The maximum absolute atomic E-state index is 12.7. The maximum Gasteiger partial charge on any atom is 0.257 e. The standard InChI is InChI=1S/C18H21ClN2O3S/c1-11-8-12(2)17(13(3)9-11)20-18(22)15-10-14(6-7-16(15)19)21(4)25(5,23)24/h6-10H,1-5H3,(H,20,22). The van der Waals surface area contributed by atoms with Gasteiger partial charge < -0.3 is 5.32 Å². The molecule has 0 atom stereocenters. The van der Waals surface area contributed by atoms with Gasteiger partial charge in [-0.05, 0) is 50.1 Å². The zero-order valence-corrected chi connectivity index (χ0v) is 16.4. The van der Waals surface area contributed by atoms with Gasteiger partial charge in [-0.25, -0.2) is 8.42 Å². The van der Waals surface area contributed by atoms with Crippen LogP contribution >= 0.6 is 11.6 Å². The first-order valence-corrected chi connectivity index (χ1v) is 9.86. The summed E-state index contributed by atoms with van der Waals surface area (Å²) in [5.74, 6) is -0.385. The average molecular weight is 381 g/mol. The second-order valence-electron chi connectivity index (χ2n) is 6.12. The van der Waals surface area contributed by atoms with Crippen LogP contribution in [0.25, 0.3) is 0 Å². The van der Waals surface area contributed by atoms with Crippen molar-refractivity contribution in [1.29, 1.82) is 0 Å². The zero-order valence-electron chi connectivity index (χ0n) is 14.8. The van der Waals surface area contributed by atoms with E-state index in [-0.39, 0.29) is 16.5 Å². The highest BCUT2D eigenvalue weighted by Crippen LogP contribution is 2.27. The number of aryl methyl sites for hydroxylation is 3. The normalized spacial score (nSPS) is 11.3. The Morgan fingerprint density at radius 3 is 2.16 bits per heavy atom. The topological polar surface area (TPSA) is 66.5 Å². The van der Waals surface area contributed by atoms with Crippen molar-refractivity contribution in [2.45, 2.75) is 20.8 Å². The molecular weight excluding hydrogens is 360 g/mol. The number of rotatable bonds is 4. The predicted molar refractivity (Wildman–Crippen MR) is 103 cm³/mol. The molecule has 0 aromatic heterocycles. The van der Waals surface area contributed by atoms with Crippen LogP contribution in [-0.2, 0) is 10.0 Å². The molecule has 1 amide bonds. The molecule has 0 aliphatic heterocycles. The summed E-state index contributed by atoms with van der Waals surface area (Å²) in [7, 11) is -2.00. The highest BCUT2D eigenvalue weighted by molar-refractivity contribution is 7.92. The molecule has 0 spiro atoms. The SMILES string of the molecule is Cc1cc(C)c(NC(=O)c2cc(N(C)S(C)(=O)=O)ccc2Cl)c(C)c1. The Hall–Kier alpha value is -2.05. The lowest BCUT2D eigenvalue weighted by atomic mass is 10.0. The van der Waals surface area contributed by atoms with Gasteiger partial charge in [0.25, 0.3) is 5.91 Å². The smallest absolute Gasteiger partial charge is 0.257 e. The van der Waals surface area contributed by atoms with Gasteiger partial charge in [0.15, 0.2) is 0 Å². The van der Waals surface area contributed by atoms with Crippen molar-refractivity contribution in [2.24, 2.45) is 0 Å². The largest absolute Gasteiger partial charge is 0.321 e. The summed E-state index contributed by atoms with van der Waals surface area (Å²) >= 11 is 6.15. The van der Waals surface area contributed by atoms with Gasteiger partial charge in [-0.3, -0.25) is 9.10 Å². The van der Waals surface area contributed by atoms with Crippen LogP contribution < -0.4 is 9.62 Å². The third kappa shape index (κ3) is 4.32. The number of nitrogens with zero attached hydrogens (tertiary/aromatic N) is 1. The van der Waals surface area contributed by atoms with Gasteiger partial charge in [0.2, 0.25) is 10.0 Å². The van der Waals surface area contributed by atoms with Gasteiger partial charge in [0, 0.05) is 12.7 Å². The molecule has 1 N–H and O–H groups in total. The number of benzene rings is 2. The lowest BCUT2D eigenvalue weighted by Crippen LogP contribution is -2.25. The molecule has 0 saturated heterocycles. The Balaban J connectivity index is 2.40. The van der Waals surface area contributed by atoms with E-state index in [1.54, 1.807) is 6.07 Å². The number of hydrogen-bond donors (Lipinski definition) is 1. The minimum absolute atomic E-state index is 0.217. The summed E-state index contributed by atoms with van der Waals surface area (Å²) in [5, 5.41) is 3.13. The fraction of sp³-hybridized carbons (Fsp3) is 0.278. The van der Waals surface area contributed by atoms with Crippen molar-refractivity contribution >= 4 is 38.9 Å². The maximum atomic E-state index is 12.7. The van der Waals surface area contributed by atoms with Crippen molar-refractivity contribution in [2.75, 3.05) is 22.9 Å². The number of carbonyl (C=O) groups is 1. The molecule has 7 heteroatoms. The Bertz CT molecular complexity index is 916. The molecule has 25 heavy (non-hydrogen) atoms. The Kier molecular flexibility index (Phi) is 5.44. The molecule has 0 heterocycles. The van der Waals surface area contributed by atoms with E-state index in [1.807, 2.05) is 32.9 Å². The Labute approximate surface area is 153 Å². The molecular formula is C18H21ClN2O3S. The fourth-order valence-electron chi connectivity index (χ4n) is 2.63. The summed E-state index contributed by atoms with van der Waals surface area (Å²) in [6.45, 7) is 5.84. The summed E-state index contributed by atoms with van der Waals surface area (Å²) < 4.78 is 24.5. The van der Waals surface area contributed by atoms with E-state index in [0.717, 1.165) is 32.9 Å². The fourth-order valence-corrected chi connectivity index (χ4v) is 3.33. The summed E-state index contributed by atoms with van der Waals surface area (Å²) in [5.41, 5.74) is 4.33. The number of hydrogen-bond acceptors (Lipinski definition) is 3. The van der Waals surface area contributed by atoms with Crippen molar-refractivity contribution in [3.63, 3.8) is 0 Å². The lowest BCUT2D eigenvalue weighted by Gasteiger charge is -2.18. The van der Waals surface area contributed by atoms with Crippen LogP contribution in [0.1, 0.15) is 27.0 Å². The number of halogens is 1. The van der Waals surface area contributed by atoms with E-state index < -0.39 is 10.0 Å². The molecule has 134 valence electrons. The number of nitrogens with one attached hydrogen (secondary N) is 1. The first kappa shape index (κ1) is 19.3. The van der Waals surface area contributed by atoms with E-state index in [0.29, 0.717) is 5.69 Å². The number of amides is 1. The molecule has 0 bridgehead atoms. The van der Waals surface area contributed by atoms with Crippen LogP contribution in [0.3, 0.4) is 0 Å². The van der Waals surface area contributed by atoms with Gasteiger partial charge in [-0.1, -0.05) is 29.3 Å². The molecule has 0 radical (unpaired) electrons. The molecule has 2 aromatic carbocycles. The minimum atomic E-state index is -3.43. The molecule has 0 aliphatic rings. The van der Waals surface area contributed by atoms with Gasteiger partial charge in [-0.2, -0.15) is 0 Å². The first-order chi connectivity index (χ1) is 11.5. The molecule has 0 fully saturated rings. The highest BCUT2D eigenvalue weighted by Gasteiger charge is 2.18. The van der Waals surface area contributed by atoms with E-state index in [4.69, 9.17) is 11.6 Å². The highest BCUT2D eigenvalue weighted by atomic mass is 35.5. The van der Waals surface area contributed by atoms with Crippen molar-refractivity contribution < 1.29 is 13.2 Å². The second-order valence-corrected chi connectivity index (χ2v) is 8.54. The predicted octanol–water partition coefficient (Wildman–Crippen LogP) is 3.91. The molecule has 0 aliphatic carbocycles. The van der Waals surface area contributed by atoms with Crippen LogP contribution in [0.5, 0.6) is 0 Å². The van der Waals surface area contributed by atoms with Crippen LogP contribution in [0, 0.1) is 20.8 Å². The van der Waals surface area contributed by atoms with Crippen LogP contribution in [-0.4, -0.2) is 27.6 Å². The van der Waals surface area contributed by atoms with Crippen molar-refractivity contribution in [1.82, 2.24) is 0 Å². The van der Waals surface area contributed by atoms with Gasteiger partial charge >= 0.3 is 0 Å². The molecule has 2 aromatic rings. The lowest BCUT2D eigenvalue weighted by molar-refractivity contribution is 0.102. The Morgan fingerprint density at radius 1 is 1.08 bits per heavy atom. The van der Waals surface area contributed by atoms with E-state index in [1.165, 1.54) is 19.2 Å². The monoisotopic (exact) mass is 380 g/mol. The summed E-state index contributed by atoms with van der Waals surface area (Å²) in [6, 6.07) is 8.51. The number of anilines is 2. The minimum Gasteiger partial charge on any atom is -0.321 e. The summed E-state index contributed by atoms with van der Waals surface area (Å²) in [6.07, 6.45) is 1.10. The van der Waals surface area contributed by atoms with Crippen LogP contribution in [0.2, 0.25) is 5.02 Å². The average Bonchev–Trinajstić information content (AvgIpc) is 2.49. The third-order valence-electron chi connectivity index (χ3n) is 3.97. The van der Waals surface area contributed by atoms with E-state index >= 15 is 0 Å². The molecule has 0 saturated carbocycles. The molecule has 0 unspecified atom stereocenters. The second kappa shape index (κ2) is 7.06. The number of sulfonamides is 1. The first-order valence-electron chi connectivity index (χ1n) is 7.63. The third-order valence-corrected chi connectivity index (χ3v) is 5.51. The van der Waals surface area contributed by atoms with Gasteiger partial charge in [0.05, 0.1) is 22.5 Å². The van der Waals surface area contributed by atoms with E-state index in [2.05, 4.69) is 5.32 Å². The van der Waals surface area contributed by atoms with Crippen LogP contribution in [0.15, 0.2) is 30.3 Å². The quantitative estimate of drug-likeness (QED) is 0.874. The number of carbonyl (C=O) groups excluding carboxylic acids is 1. The molecule has 2 rings (SSSR count). The summed E-state index contributed by atoms with van der Waals surface area (Å²) in [4.78, 5) is 12.7. The van der Waals surface area contributed by atoms with E-state index in [9.17, 15) is 13.2 Å². The van der Waals surface area contributed by atoms with Crippen molar-refractivity contribution in [3.8, 4) is 0 Å². The Morgan fingerprint density at radius 2 is 1.64 bits per heavy atom. The van der Waals surface area contributed by atoms with Gasteiger partial charge in [0.1, 0.15) is 0 Å². The zero-order chi connectivity index (χ0) is 18.9. The van der Waals surface area contributed by atoms with Crippen LogP contribution in [0.4, 0.5) is 11.4 Å². The van der Waals surface area contributed by atoms with Gasteiger partial charge in [-0.15, -0.1) is 0 Å². The van der Waals surface area contributed by atoms with Crippen molar-refractivity contribution in [3.05, 3.63) is 57.6 Å².